The molecule has 3 rings (SSSR count). The molecule has 1 N–H and O–H groups in total. The molecule has 0 saturated carbocycles. The Morgan fingerprint density at radius 2 is 1.80 bits per heavy atom. The van der Waals surface area contributed by atoms with Crippen LogP contribution in [0.4, 0.5) is 4.39 Å². The van der Waals surface area contributed by atoms with Crippen molar-refractivity contribution >= 4 is 0 Å². The van der Waals surface area contributed by atoms with E-state index in [4.69, 9.17) is 0 Å². The summed E-state index contributed by atoms with van der Waals surface area (Å²) in [6.07, 6.45) is 7.63. The van der Waals surface area contributed by atoms with Crippen LogP contribution in [-0.4, -0.2) is 19.3 Å². The van der Waals surface area contributed by atoms with E-state index in [0.717, 1.165) is 17.0 Å². The summed E-state index contributed by atoms with van der Waals surface area (Å²) in [6, 6.07) is 6.81. The van der Waals surface area contributed by atoms with E-state index >= 15 is 0 Å². The predicted molar refractivity (Wildman–Crippen MR) is 95.6 cm³/mol. The Balaban J connectivity index is 1.89. The molecule has 0 amide bonds. The van der Waals surface area contributed by atoms with E-state index in [1.807, 2.05) is 28.7 Å². The first-order valence-corrected chi connectivity index (χ1v) is 8.48. The van der Waals surface area contributed by atoms with Crippen LogP contribution in [0.1, 0.15) is 55.8 Å². The van der Waals surface area contributed by atoms with Gasteiger partial charge in [-0.25, -0.2) is 9.37 Å². The summed E-state index contributed by atoms with van der Waals surface area (Å²) in [5, 5.41) is 8.02. The van der Waals surface area contributed by atoms with Gasteiger partial charge in [-0.1, -0.05) is 12.1 Å². The van der Waals surface area contributed by atoms with Crippen LogP contribution in [0.25, 0.3) is 0 Å². The van der Waals surface area contributed by atoms with Crippen molar-refractivity contribution in [3.63, 3.8) is 0 Å². The van der Waals surface area contributed by atoms with E-state index < -0.39 is 0 Å². The normalized spacial score (nSPS) is 14.0. The molecule has 25 heavy (non-hydrogen) atoms. The zero-order valence-electron chi connectivity index (χ0n) is 15.0. The number of benzene rings is 1. The molecule has 0 aliphatic carbocycles. The lowest BCUT2D eigenvalue weighted by atomic mass is 10.0. The third-order valence-electron chi connectivity index (χ3n) is 4.39. The van der Waals surface area contributed by atoms with Gasteiger partial charge in [0, 0.05) is 43.3 Å². The average Bonchev–Trinajstić information content (AvgIpc) is 3.23. The summed E-state index contributed by atoms with van der Waals surface area (Å²) < 4.78 is 17.2. The van der Waals surface area contributed by atoms with Gasteiger partial charge >= 0.3 is 0 Å². The molecular weight excluding hydrogens is 317 g/mol. The molecule has 1 aromatic carbocycles. The molecule has 0 fully saturated rings. The van der Waals surface area contributed by atoms with E-state index in [1.54, 1.807) is 18.3 Å². The third kappa shape index (κ3) is 3.79. The maximum absolute atomic E-state index is 13.3. The zero-order chi connectivity index (χ0) is 18.0. The Morgan fingerprint density at radius 1 is 1.08 bits per heavy atom. The Morgan fingerprint density at radius 3 is 2.36 bits per heavy atom. The number of imidazole rings is 1. The summed E-state index contributed by atoms with van der Waals surface area (Å²) in [5.41, 5.74) is 2.08. The van der Waals surface area contributed by atoms with Crippen LogP contribution >= 0.6 is 0 Å². The van der Waals surface area contributed by atoms with Gasteiger partial charge < -0.3 is 4.57 Å². The number of nitrogens with one attached hydrogen (secondary N) is 1. The number of hydrogen-bond donors (Lipinski definition) is 1. The van der Waals surface area contributed by atoms with Crippen molar-refractivity contribution in [2.75, 3.05) is 0 Å². The Kier molecular flexibility index (Phi) is 4.99. The first-order chi connectivity index (χ1) is 12.0. The lowest BCUT2D eigenvalue weighted by Crippen LogP contribution is -2.27. The van der Waals surface area contributed by atoms with Gasteiger partial charge in [0.25, 0.3) is 0 Å². The first kappa shape index (κ1) is 17.4. The van der Waals surface area contributed by atoms with Gasteiger partial charge in [0.1, 0.15) is 11.6 Å². The molecule has 132 valence electrons. The van der Waals surface area contributed by atoms with Crippen LogP contribution in [0.3, 0.4) is 0 Å². The molecule has 2 unspecified atom stereocenters. The SMILES string of the molecule is CC(NC(c1ccc(F)cc1)c1nccn1C)c1cnn(C(C)C)c1. The van der Waals surface area contributed by atoms with Crippen molar-refractivity contribution in [2.45, 2.75) is 38.9 Å². The Labute approximate surface area is 147 Å². The Bertz CT molecular complexity index is 818. The monoisotopic (exact) mass is 341 g/mol. The van der Waals surface area contributed by atoms with Crippen molar-refractivity contribution in [2.24, 2.45) is 7.05 Å². The lowest BCUT2D eigenvalue weighted by molar-refractivity contribution is 0.486. The molecule has 0 aliphatic heterocycles. The maximum atomic E-state index is 13.3. The molecule has 2 aromatic heterocycles. The number of aryl methyl sites for hydroxylation is 1. The van der Waals surface area contributed by atoms with Crippen molar-refractivity contribution in [3.8, 4) is 0 Å². The summed E-state index contributed by atoms with van der Waals surface area (Å²) in [6.45, 7) is 6.30. The number of rotatable bonds is 6. The summed E-state index contributed by atoms with van der Waals surface area (Å²) in [4.78, 5) is 4.48. The molecule has 2 heterocycles. The van der Waals surface area contributed by atoms with Gasteiger partial charge in [0.2, 0.25) is 0 Å². The molecular formula is C19H24FN5. The maximum Gasteiger partial charge on any atom is 0.130 e. The third-order valence-corrected chi connectivity index (χ3v) is 4.39. The topological polar surface area (TPSA) is 47.7 Å². The van der Waals surface area contributed by atoms with Crippen molar-refractivity contribution in [1.29, 1.82) is 0 Å². The molecule has 2 atom stereocenters. The van der Waals surface area contributed by atoms with Gasteiger partial charge in [0.05, 0.1) is 12.2 Å². The number of aromatic nitrogens is 4. The van der Waals surface area contributed by atoms with Crippen molar-refractivity contribution < 1.29 is 4.39 Å². The largest absolute Gasteiger partial charge is 0.336 e. The summed E-state index contributed by atoms with van der Waals surface area (Å²) in [7, 11) is 1.96. The zero-order valence-corrected chi connectivity index (χ0v) is 15.0. The minimum Gasteiger partial charge on any atom is -0.336 e. The second-order valence-corrected chi connectivity index (χ2v) is 6.62. The Hall–Kier alpha value is -2.47. The molecule has 0 bridgehead atoms. The summed E-state index contributed by atoms with van der Waals surface area (Å²) in [5.74, 6) is 0.642. The fourth-order valence-corrected chi connectivity index (χ4v) is 2.84. The second-order valence-electron chi connectivity index (χ2n) is 6.62. The highest BCUT2D eigenvalue weighted by atomic mass is 19.1. The number of nitrogens with zero attached hydrogens (tertiary/aromatic N) is 4. The van der Waals surface area contributed by atoms with E-state index in [2.05, 4.69) is 42.4 Å². The highest BCUT2D eigenvalue weighted by Gasteiger charge is 2.22. The van der Waals surface area contributed by atoms with Crippen molar-refractivity contribution in [1.82, 2.24) is 24.6 Å². The quantitative estimate of drug-likeness (QED) is 0.742. The van der Waals surface area contributed by atoms with Gasteiger partial charge in [0.15, 0.2) is 0 Å². The fourth-order valence-electron chi connectivity index (χ4n) is 2.84. The van der Waals surface area contributed by atoms with E-state index in [0.29, 0.717) is 6.04 Å². The lowest BCUT2D eigenvalue weighted by Gasteiger charge is -2.23. The van der Waals surface area contributed by atoms with Crippen molar-refractivity contribution in [3.05, 3.63) is 71.8 Å². The molecule has 0 aliphatic rings. The van der Waals surface area contributed by atoms with Crippen LogP contribution < -0.4 is 5.32 Å². The van der Waals surface area contributed by atoms with E-state index in [1.165, 1.54) is 12.1 Å². The van der Waals surface area contributed by atoms with Gasteiger partial charge in [-0.05, 0) is 38.5 Å². The number of halogens is 1. The molecule has 5 nitrogen and oxygen atoms in total. The first-order valence-electron chi connectivity index (χ1n) is 8.48. The smallest absolute Gasteiger partial charge is 0.130 e. The highest BCUT2D eigenvalue weighted by Crippen LogP contribution is 2.25. The molecule has 6 heteroatoms. The molecule has 0 spiro atoms. The molecule has 0 radical (unpaired) electrons. The van der Waals surface area contributed by atoms with E-state index in [9.17, 15) is 4.39 Å². The molecule has 3 aromatic rings. The van der Waals surface area contributed by atoms with Crippen LogP contribution in [-0.2, 0) is 7.05 Å². The van der Waals surface area contributed by atoms with Crippen LogP contribution in [0.15, 0.2) is 49.1 Å². The van der Waals surface area contributed by atoms with Crippen LogP contribution in [0.5, 0.6) is 0 Å². The van der Waals surface area contributed by atoms with E-state index in [-0.39, 0.29) is 17.9 Å². The molecule has 0 saturated heterocycles. The second kappa shape index (κ2) is 7.19. The minimum atomic E-state index is -0.242. The average molecular weight is 341 g/mol. The fraction of sp³-hybridized carbons (Fsp3) is 0.368. The van der Waals surface area contributed by atoms with Crippen LogP contribution in [0, 0.1) is 5.82 Å². The number of hydrogen-bond acceptors (Lipinski definition) is 3. The highest BCUT2D eigenvalue weighted by molar-refractivity contribution is 5.27. The van der Waals surface area contributed by atoms with Gasteiger partial charge in [-0.3, -0.25) is 10.00 Å². The van der Waals surface area contributed by atoms with Gasteiger partial charge in [-0.15, -0.1) is 0 Å². The minimum absolute atomic E-state index is 0.0688. The van der Waals surface area contributed by atoms with Crippen LogP contribution in [0.2, 0.25) is 0 Å². The predicted octanol–water partition coefficient (Wildman–Crippen LogP) is 3.78. The standard InChI is InChI=1S/C19H24FN5/c1-13(2)25-12-16(11-22-25)14(3)23-18(19-21-9-10-24(19)4)15-5-7-17(20)8-6-15/h5-14,18,23H,1-4H3. The van der Waals surface area contributed by atoms with Gasteiger partial charge in [-0.2, -0.15) is 5.10 Å². The summed E-state index contributed by atoms with van der Waals surface area (Å²) >= 11 is 0.